The number of amides is 1. The molecular formula is C10H20F2N2O. The molecule has 1 atom stereocenters. The molecule has 0 spiro atoms. The van der Waals surface area contributed by atoms with Crippen LogP contribution in [0.2, 0.25) is 0 Å². The third-order valence-electron chi connectivity index (χ3n) is 2.18. The van der Waals surface area contributed by atoms with E-state index in [1.165, 1.54) is 0 Å². The number of nitrogens with zero attached hydrogens (tertiary/aromatic N) is 1. The summed E-state index contributed by atoms with van der Waals surface area (Å²) in [6, 6.07) is 0.104. The minimum absolute atomic E-state index is 0.104. The molecule has 0 heterocycles. The highest BCUT2D eigenvalue weighted by Crippen LogP contribution is 2.08. The highest BCUT2D eigenvalue weighted by Gasteiger charge is 2.18. The Balaban J connectivity index is 4.02. The summed E-state index contributed by atoms with van der Waals surface area (Å²) in [7, 11) is 3.75. The van der Waals surface area contributed by atoms with Gasteiger partial charge < -0.3 is 10.2 Å². The van der Waals surface area contributed by atoms with Crippen molar-refractivity contribution in [1.82, 2.24) is 10.2 Å². The van der Waals surface area contributed by atoms with Crippen molar-refractivity contribution in [3.63, 3.8) is 0 Å². The van der Waals surface area contributed by atoms with Crippen molar-refractivity contribution >= 4 is 5.91 Å². The minimum Gasteiger partial charge on any atom is -0.350 e. The maximum Gasteiger partial charge on any atom is 0.315 e. The molecule has 3 nitrogen and oxygen atoms in total. The second-order valence-corrected chi connectivity index (χ2v) is 4.29. The SMILES string of the molecule is CC(C)CC(CNC(=O)C(F)F)N(C)C. The first-order valence-corrected chi connectivity index (χ1v) is 5.06. The van der Waals surface area contributed by atoms with Crippen molar-refractivity contribution in [3.05, 3.63) is 0 Å². The molecule has 0 aromatic rings. The number of carbonyl (C=O) groups excluding carboxylic acids is 1. The number of rotatable bonds is 6. The molecule has 0 aromatic heterocycles. The lowest BCUT2D eigenvalue weighted by molar-refractivity contribution is -0.131. The molecule has 15 heavy (non-hydrogen) atoms. The number of carbonyl (C=O) groups is 1. The zero-order chi connectivity index (χ0) is 12.0. The summed E-state index contributed by atoms with van der Waals surface area (Å²) in [4.78, 5) is 12.6. The van der Waals surface area contributed by atoms with Crippen molar-refractivity contribution in [2.45, 2.75) is 32.7 Å². The predicted molar refractivity (Wildman–Crippen MR) is 55.9 cm³/mol. The fourth-order valence-electron chi connectivity index (χ4n) is 1.32. The first-order valence-electron chi connectivity index (χ1n) is 5.06. The van der Waals surface area contributed by atoms with Gasteiger partial charge in [-0.1, -0.05) is 13.8 Å². The Kier molecular flexibility index (Phi) is 6.40. The Bertz CT molecular complexity index is 196. The van der Waals surface area contributed by atoms with Crippen molar-refractivity contribution in [2.24, 2.45) is 5.92 Å². The highest BCUT2D eigenvalue weighted by molar-refractivity contribution is 5.79. The second kappa shape index (κ2) is 6.71. The van der Waals surface area contributed by atoms with Crippen molar-refractivity contribution in [2.75, 3.05) is 20.6 Å². The van der Waals surface area contributed by atoms with Crippen LogP contribution in [0.3, 0.4) is 0 Å². The van der Waals surface area contributed by atoms with Crippen LogP contribution in [0.5, 0.6) is 0 Å². The van der Waals surface area contributed by atoms with Gasteiger partial charge in [0.25, 0.3) is 5.91 Å². The van der Waals surface area contributed by atoms with E-state index in [0.717, 1.165) is 6.42 Å². The number of halogens is 2. The second-order valence-electron chi connectivity index (χ2n) is 4.29. The summed E-state index contributed by atoms with van der Waals surface area (Å²) in [5.41, 5.74) is 0. The van der Waals surface area contributed by atoms with E-state index in [2.05, 4.69) is 19.2 Å². The molecular weight excluding hydrogens is 202 g/mol. The number of nitrogens with one attached hydrogen (secondary N) is 1. The Morgan fingerprint density at radius 1 is 1.33 bits per heavy atom. The summed E-state index contributed by atoms with van der Waals surface area (Å²) in [6.07, 6.45) is -2.05. The molecule has 0 aliphatic rings. The molecule has 1 N–H and O–H groups in total. The van der Waals surface area contributed by atoms with Gasteiger partial charge in [-0.2, -0.15) is 8.78 Å². The van der Waals surface area contributed by atoms with Gasteiger partial charge in [0.1, 0.15) is 0 Å². The smallest absolute Gasteiger partial charge is 0.315 e. The van der Waals surface area contributed by atoms with Crippen molar-refractivity contribution in [3.8, 4) is 0 Å². The first-order chi connectivity index (χ1) is 6.84. The standard InChI is InChI=1S/C10H20F2N2O/c1-7(2)5-8(14(3)4)6-13-10(15)9(11)12/h7-9H,5-6H2,1-4H3,(H,13,15). The van der Waals surface area contributed by atoms with Gasteiger partial charge in [0, 0.05) is 12.6 Å². The Morgan fingerprint density at radius 3 is 2.20 bits per heavy atom. The zero-order valence-electron chi connectivity index (χ0n) is 9.76. The van der Waals surface area contributed by atoms with Crippen molar-refractivity contribution in [1.29, 1.82) is 0 Å². The molecule has 0 aromatic carbocycles. The molecule has 0 aliphatic carbocycles. The lowest BCUT2D eigenvalue weighted by Gasteiger charge is -2.26. The number of alkyl halides is 2. The van der Waals surface area contributed by atoms with Gasteiger partial charge in [0.15, 0.2) is 0 Å². The third-order valence-corrected chi connectivity index (χ3v) is 2.18. The fraction of sp³-hybridized carbons (Fsp3) is 0.900. The first kappa shape index (κ1) is 14.3. The van der Waals surface area contributed by atoms with Crippen LogP contribution in [-0.2, 0) is 4.79 Å². The minimum atomic E-state index is -2.92. The van der Waals surface area contributed by atoms with Gasteiger partial charge in [0.05, 0.1) is 0 Å². The maximum absolute atomic E-state index is 11.9. The molecule has 0 fully saturated rings. The van der Waals surface area contributed by atoms with Crippen LogP contribution >= 0.6 is 0 Å². The molecule has 1 amide bonds. The Morgan fingerprint density at radius 2 is 1.87 bits per heavy atom. The number of hydrogen-bond acceptors (Lipinski definition) is 2. The Hall–Kier alpha value is -0.710. The van der Waals surface area contributed by atoms with Gasteiger partial charge in [-0.3, -0.25) is 4.79 Å². The van der Waals surface area contributed by atoms with Crippen LogP contribution in [0.25, 0.3) is 0 Å². The fourth-order valence-corrected chi connectivity index (χ4v) is 1.32. The molecule has 0 rings (SSSR count). The van der Waals surface area contributed by atoms with E-state index in [1.54, 1.807) is 0 Å². The summed E-state index contributed by atoms with van der Waals surface area (Å²) >= 11 is 0. The van der Waals surface area contributed by atoms with Crippen LogP contribution < -0.4 is 5.32 Å². The third kappa shape index (κ3) is 6.38. The lowest BCUT2D eigenvalue weighted by atomic mass is 10.0. The van der Waals surface area contributed by atoms with Crippen LogP contribution in [0, 0.1) is 5.92 Å². The largest absolute Gasteiger partial charge is 0.350 e. The van der Waals surface area contributed by atoms with Gasteiger partial charge in [-0.25, -0.2) is 0 Å². The molecule has 90 valence electrons. The number of hydrogen-bond donors (Lipinski definition) is 1. The molecule has 0 aliphatic heterocycles. The van der Waals surface area contributed by atoms with Crippen LogP contribution in [0.15, 0.2) is 0 Å². The van der Waals surface area contributed by atoms with E-state index >= 15 is 0 Å². The van der Waals surface area contributed by atoms with E-state index in [1.807, 2.05) is 19.0 Å². The average Bonchev–Trinajstić information content (AvgIpc) is 2.10. The number of likely N-dealkylation sites (N-methyl/N-ethyl adjacent to an activating group) is 1. The van der Waals surface area contributed by atoms with Crippen LogP contribution in [0.1, 0.15) is 20.3 Å². The molecule has 0 saturated heterocycles. The van der Waals surface area contributed by atoms with E-state index in [0.29, 0.717) is 5.92 Å². The van der Waals surface area contributed by atoms with Crippen LogP contribution in [0.4, 0.5) is 8.78 Å². The summed E-state index contributed by atoms with van der Waals surface area (Å²) in [5, 5.41) is 2.24. The highest BCUT2D eigenvalue weighted by atomic mass is 19.3. The molecule has 1 unspecified atom stereocenters. The molecule has 5 heteroatoms. The summed E-state index contributed by atoms with van der Waals surface area (Å²) in [6.45, 7) is 4.39. The molecule has 0 radical (unpaired) electrons. The van der Waals surface area contributed by atoms with E-state index in [9.17, 15) is 13.6 Å². The van der Waals surface area contributed by atoms with Gasteiger partial charge >= 0.3 is 6.43 Å². The molecule has 0 bridgehead atoms. The van der Waals surface area contributed by atoms with Crippen LogP contribution in [-0.4, -0.2) is 43.9 Å². The summed E-state index contributed by atoms with van der Waals surface area (Å²) in [5.74, 6) is -0.716. The van der Waals surface area contributed by atoms with E-state index in [4.69, 9.17) is 0 Å². The quantitative estimate of drug-likeness (QED) is 0.735. The topological polar surface area (TPSA) is 32.3 Å². The Labute approximate surface area is 89.8 Å². The van der Waals surface area contributed by atoms with Gasteiger partial charge in [-0.15, -0.1) is 0 Å². The average molecular weight is 222 g/mol. The predicted octanol–water partition coefficient (Wildman–Crippen LogP) is 1.34. The van der Waals surface area contributed by atoms with Crippen molar-refractivity contribution < 1.29 is 13.6 Å². The van der Waals surface area contributed by atoms with E-state index in [-0.39, 0.29) is 12.6 Å². The lowest BCUT2D eigenvalue weighted by Crippen LogP contribution is -2.42. The summed E-state index contributed by atoms with van der Waals surface area (Å²) < 4.78 is 23.8. The normalized spacial score (nSPS) is 13.7. The molecule has 0 saturated carbocycles. The van der Waals surface area contributed by atoms with Gasteiger partial charge in [-0.05, 0) is 26.4 Å². The van der Waals surface area contributed by atoms with Gasteiger partial charge in [0.2, 0.25) is 0 Å². The monoisotopic (exact) mass is 222 g/mol. The van der Waals surface area contributed by atoms with E-state index < -0.39 is 12.3 Å². The zero-order valence-corrected chi connectivity index (χ0v) is 9.76. The maximum atomic E-state index is 11.9.